The summed E-state index contributed by atoms with van der Waals surface area (Å²) in [5.74, 6) is -1.74. The molecule has 136 valence electrons. The van der Waals surface area contributed by atoms with Gasteiger partial charge >= 0.3 is 12.1 Å². The number of hydrogen-bond acceptors (Lipinski definition) is 3. The monoisotopic (exact) mass is 363 g/mol. The first-order chi connectivity index (χ1) is 12.3. The fourth-order valence-electron chi connectivity index (χ4n) is 3.55. The molecule has 1 saturated heterocycles. The van der Waals surface area contributed by atoms with Crippen molar-refractivity contribution in [1.82, 2.24) is 9.38 Å². The second kappa shape index (κ2) is 5.89. The van der Waals surface area contributed by atoms with E-state index in [1.807, 2.05) is 27.6 Å². The fourth-order valence-corrected chi connectivity index (χ4v) is 3.55. The average molecular weight is 363 g/mol. The van der Waals surface area contributed by atoms with Crippen LogP contribution in [-0.2, 0) is 0 Å². The lowest BCUT2D eigenvalue weighted by atomic mass is 9.96. The van der Waals surface area contributed by atoms with Gasteiger partial charge in [0.05, 0.1) is 28.0 Å². The van der Waals surface area contributed by atoms with Gasteiger partial charge in [-0.3, -0.25) is 0 Å². The minimum Gasteiger partial charge on any atom is -0.478 e. The van der Waals surface area contributed by atoms with Crippen LogP contribution < -0.4 is 4.90 Å². The van der Waals surface area contributed by atoms with Crippen molar-refractivity contribution in [3.63, 3.8) is 0 Å². The van der Waals surface area contributed by atoms with E-state index in [0.29, 0.717) is 11.3 Å². The van der Waals surface area contributed by atoms with Crippen LogP contribution in [0.2, 0.25) is 0 Å². The molecule has 1 fully saturated rings. The zero-order valence-electron chi connectivity index (χ0n) is 13.7. The minimum absolute atomic E-state index is 0.0330. The van der Waals surface area contributed by atoms with E-state index in [9.17, 15) is 23.1 Å². The molecule has 1 N–H and O–H groups in total. The first kappa shape index (κ1) is 16.7. The molecule has 0 amide bonds. The number of benzene rings is 1. The number of anilines is 1. The lowest BCUT2D eigenvalue weighted by Gasteiger charge is -2.34. The molecule has 0 saturated carbocycles. The minimum atomic E-state index is -4.16. The molecule has 4 rings (SSSR count). The van der Waals surface area contributed by atoms with Crippen molar-refractivity contribution in [2.75, 3.05) is 18.0 Å². The standard InChI is InChI=1S/C18H16F3N3O2/c19-18(20,21)12-5-8-23(9-6-12)16-15-2-1-7-24(15)14-4-3-11(17(25)26)10-13(14)22-16/h1-4,7,10,12H,5-6,8-9H2,(H,25,26). The number of piperidine rings is 1. The highest BCUT2D eigenvalue weighted by Gasteiger charge is 2.41. The molecule has 0 radical (unpaired) electrons. The van der Waals surface area contributed by atoms with Crippen molar-refractivity contribution in [2.45, 2.75) is 19.0 Å². The van der Waals surface area contributed by atoms with Gasteiger partial charge in [-0.1, -0.05) is 0 Å². The van der Waals surface area contributed by atoms with Gasteiger partial charge in [0.2, 0.25) is 0 Å². The van der Waals surface area contributed by atoms with Gasteiger partial charge in [-0.25, -0.2) is 9.78 Å². The second-order valence-corrected chi connectivity index (χ2v) is 6.51. The van der Waals surface area contributed by atoms with Crippen LogP contribution in [0.15, 0.2) is 36.5 Å². The Kier molecular flexibility index (Phi) is 3.78. The van der Waals surface area contributed by atoms with Gasteiger partial charge in [0.25, 0.3) is 0 Å². The molecule has 3 heterocycles. The number of halogens is 3. The topological polar surface area (TPSA) is 57.8 Å². The number of carbonyl (C=O) groups is 1. The highest BCUT2D eigenvalue weighted by molar-refractivity contribution is 5.94. The smallest absolute Gasteiger partial charge is 0.391 e. The second-order valence-electron chi connectivity index (χ2n) is 6.51. The number of hydrogen-bond donors (Lipinski definition) is 1. The highest BCUT2D eigenvalue weighted by Crippen LogP contribution is 2.36. The zero-order chi connectivity index (χ0) is 18.5. The summed E-state index contributed by atoms with van der Waals surface area (Å²) >= 11 is 0. The van der Waals surface area contributed by atoms with Gasteiger partial charge in [0, 0.05) is 19.3 Å². The molecule has 2 aromatic heterocycles. The maximum absolute atomic E-state index is 12.9. The Labute approximate surface area is 146 Å². The first-order valence-electron chi connectivity index (χ1n) is 8.30. The van der Waals surface area contributed by atoms with Crippen LogP contribution in [0.3, 0.4) is 0 Å². The predicted molar refractivity (Wildman–Crippen MR) is 90.6 cm³/mol. The van der Waals surface area contributed by atoms with Crippen molar-refractivity contribution >= 4 is 28.3 Å². The summed E-state index contributed by atoms with van der Waals surface area (Å²) in [6.07, 6.45) is -2.26. The Balaban J connectivity index is 1.76. The third kappa shape index (κ3) is 2.75. The molecule has 1 aliphatic rings. The summed E-state index contributed by atoms with van der Waals surface area (Å²) < 4.78 is 40.6. The van der Waals surface area contributed by atoms with Gasteiger partial charge in [-0.05, 0) is 43.2 Å². The molecule has 0 bridgehead atoms. The molecule has 3 aromatic rings. The number of aromatic carboxylic acids is 1. The summed E-state index contributed by atoms with van der Waals surface area (Å²) in [4.78, 5) is 17.7. The lowest BCUT2D eigenvalue weighted by molar-refractivity contribution is -0.179. The quantitative estimate of drug-likeness (QED) is 0.749. The first-order valence-corrected chi connectivity index (χ1v) is 8.30. The van der Waals surface area contributed by atoms with Gasteiger partial charge in [0.1, 0.15) is 0 Å². The average Bonchev–Trinajstić information content (AvgIpc) is 3.09. The van der Waals surface area contributed by atoms with Gasteiger partial charge in [-0.2, -0.15) is 13.2 Å². The Morgan fingerprint density at radius 1 is 1.15 bits per heavy atom. The molecule has 5 nitrogen and oxygen atoms in total. The SMILES string of the molecule is O=C(O)c1ccc2c(c1)nc(N1CCC(C(F)(F)F)CC1)c1cccn12. The molecular weight excluding hydrogens is 347 g/mol. The Hall–Kier alpha value is -2.77. The maximum Gasteiger partial charge on any atom is 0.391 e. The molecule has 0 unspecified atom stereocenters. The van der Waals surface area contributed by atoms with Crippen molar-refractivity contribution < 1.29 is 23.1 Å². The zero-order valence-corrected chi connectivity index (χ0v) is 13.7. The van der Waals surface area contributed by atoms with E-state index in [-0.39, 0.29) is 31.5 Å². The van der Waals surface area contributed by atoms with Gasteiger partial charge < -0.3 is 14.4 Å². The number of carboxylic acids is 1. The number of fused-ring (bicyclic) bond motifs is 3. The van der Waals surface area contributed by atoms with Crippen molar-refractivity contribution in [2.24, 2.45) is 5.92 Å². The molecule has 1 aliphatic heterocycles. The van der Waals surface area contributed by atoms with Gasteiger partial charge in [0.15, 0.2) is 5.82 Å². The van der Waals surface area contributed by atoms with Crippen LogP contribution >= 0.6 is 0 Å². The number of carboxylic acid groups (broad SMARTS) is 1. The summed E-state index contributed by atoms with van der Waals surface area (Å²) in [5, 5.41) is 9.19. The largest absolute Gasteiger partial charge is 0.478 e. The van der Waals surface area contributed by atoms with Crippen LogP contribution in [0.1, 0.15) is 23.2 Å². The predicted octanol–water partition coefficient (Wildman–Crippen LogP) is 3.96. The van der Waals surface area contributed by atoms with Crippen LogP contribution in [0, 0.1) is 5.92 Å². The maximum atomic E-state index is 12.9. The Morgan fingerprint density at radius 2 is 1.88 bits per heavy atom. The van der Waals surface area contributed by atoms with E-state index in [0.717, 1.165) is 11.0 Å². The van der Waals surface area contributed by atoms with Crippen molar-refractivity contribution in [3.05, 3.63) is 42.1 Å². The number of rotatable bonds is 2. The van der Waals surface area contributed by atoms with Crippen molar-refractivity contribution in [3.8, 4) is 0 Å². The Bertz CT molecular complexity index is 988. The van der Waals surface area contributed by atoms with E-state index in [1.54, 1.807) is 6.07 Å². The molecule has 0 atom stereocenters. The van der Waals surface area contributed by atoms with E-state index in [4.69, 9.17) is 0 Å². The Morgan fingerprint density at radius 3 is 2.54 bits per heavy atom. The summed E-state index contributed by atoms with van der Waals surface area (Å²) in [6.45, 7) is 0.532. The number of aromatic nitrogens is 2. The normalized spacial score (nSPS) is 16.5. The summed E-state index contributed by atoms with van der Waals surface area (Å²) in [6, 6.07) is 8.40. The van der Waals surface area contributed by atoms with Crippen LogP contribution in [0.5, 0.6) is 0 Å². The van der Waals surface area contributed by atoms with Crippen molar-refractivity contribution in [1.29, 1.82) is 0 Å². The highest BCUT2D eigenvalue weighted by atomic mass is 19.4. The van der Waals surface area contributed by atoms with E-state index >= 15 is 0 Å². The van der Waals surface area contributed by atoms with E-state index < -0.39 is 18.1 Å². The van der Waals surface area contributed by atoms with Crippen LogP contribution in [0.25, 0.3) is 16.6 Å². The summed E-state index contributed by atoms with van der Waals surface area (Å²) in [7, 11) is 0. The molecular formula is C18H16F3N3O2. The third-order valence-electron chi connectivity index (χ3n) is 4.94. The molecule has 0 spiro atoms. The van der Waals surface area contributed by atoms with Crippen LogP contribution in [0.4, 0.5) is 19.0 Å². The molecule has 8 heteroatoms. The molecule has 26 heavy (non-hydrogen) atoms. The van der Waals surface area contributed by atoms with Crippen LogP contribution in [-0.4, -0.2) is 39.7 Å². The number of alkyl halides is 3. The molecule has 0 aliphatic carbocycles. The van der Waals surface area contributed by atoms with E-state index in [2.05, 4.69) is 4.98 Å². The third-order valence-corrected chi connectivity index (χ3v) is 4.94. The lowest BCUT2D eigenvalue weighted by Crippen LogP contribution is -2.39. The fraction of sp³-hybridized carbons (Fsp3) is 0.333. The van der Waals surface area contributed by atoms with E-state index in [1.165, 1.54) is 12.1 Å². The number of nitrogens with zero attached hydrogens (tertiary/aromatic N) is 3. The molecule has 1 aromatic carbocycles. The van der Waals surface area contributed by atoms with Gasteiger partial charge in [-0.15, -0.1) is 0 Å². The summed E-state index contributed by atoms with van der Waals surface area (Å²) in [5.41, 5.74) is 2.18.